The van der Waals surface area contributed by atoms with Crippen molar-refractivity contribution in [2.75, 3.05) is 19.6 Å². The van der Waals surface area contributed by atoms with Gasteiger partial charge in [0.05, 0.1) is 11.8 Å². The summed E-state index contributed by atoms with van der Waals surface area (Å²) in [6.07, 6.45) is 9.77. The first kappa shape index (κ1) is 17.0. The van der Waals surface area contributed by atoms with Gasteiger partial charge in [-0.1, -0.05) is 0 Å². The molecule has 0 spiro atoms. The van der Waals surface area contributed by atoms with Crippen LogP contribution >= 0.6 is 0 Å². The molecule has 6 nitrogen and oxygen atoms in total. The number of hydrogen-bond acceptors (Lipinski definition) is 4. The maximum absolute atomic E-state index is 12.2. The summed E-state index contributed by atoms with van der Waals surface area (Å²) in [6.45, 7) is 2.03. The highest BCUT2D eigenvalue weighted by Gasteiger charge is 2.22. The molecule has 1 N–H and O–H groups in total. The van der Waals surface area contributed by atoms with Crippen molar-refractivity contribution in [3.8, 4) is 0 Å². The lowest BCUT2D eigenvalue weighted by molar-refractivity contribution is -0.127. The van der Waals surface area contributed by atoms with Crippen molar-refractivity contribution in [1.82, 2.24) is 15.2 Å². The average Bonchev–Trinajstić information content (AvgIpc) is 3.19. The number of carbonyl (C=O) groups excluding carboxylic acids is 2. The molecule has 0 atom stereocenters. The van der Waals surface area contributed by atoms with Gasteiger partial charge in [0.2, 0.25) is 5.91 Å². The lowest BCUT2D eigenvalue weighted by atomic mass is 9.96. The van der Waals surface area contributed by atoms with Gasteiger partial charge in [-0.25, -0.2) is 0 Å². The van der Waals surface area contributed by atoms with Gasteiger partial charge in [-0.2, -0.15) is 0 Å². The largest absolute Gasteiger partial charge is 0.465 e. The van der Waals surface area contributed by atoms with Crippen molar-refractivity contribution in [2.24, 2.45) is 5.92 Å². The minimum atomic E-state index is -0.104. The zero-order chi connectivity index (χ0) is 17.5. The molecule has 0 saturated carbocycles. The Morgan fingerprint density at radius 3 is 2.80 bits per heavy atom. The van der Waals surface area contributed by atoms with Gasteiger partial charge in [-0.3, -0.25) is 14.6 Å². The van der Waals surface area contributed by atoms with E-state index in [9.17, 15) is 9.59 Å². The normalized spacial score (nSPS) is 15.4. The summed E-state index contributed by atoms with van der Waals surface area (Å²) < 4.78 is 5.18. The van der Waals surface area contributed by atoms with Crippen LogP contribution in [0.2, 0.25) is 0 Å². The van der Waals surface area contributed by atoms with E-state index in [1.54, 1.807) is 55.1 Å². The molecule has 6 heteroatoms. The molecule has 2 aromatic heterocycles. The topological polar surface area (TPSA) is 75.4 Å². The van der Waals surface area contributed by atoms with E-state index in [1.165, 1.54) is 0 Å². The van der Waals surface area contributed by atoms with Crippen molar-refractivity contribution in [2.45, 2.75) is 12.8 Å². The smallest absolute Gasteiger partial charge is 0.252 e. The summed E-state index contributed by atoms with van der Waals surface area (Å²) >= 11 is 0. The molecule has 130 valence electrons. The summed E-state index contributed by atoms with van der Waals surface area (Å²) in [7, 11) is 0. The van der Waals surface area contributed by atoms with Crippen molar-refractivity contribution < 1.29 is 14.0 Å². The highest BCUT2D eigenvalue weighted by atomic mass is 16.3. The van der Waals surface area contributed by atoms with E-state index >= 15 is 0 Å². The van der Waals surface area contributed by atoms with Crippen LogP contribution in [0, 0.1) is 5.92 Å². The number of carbonyl (C=O) groups is 2. The first-order chi connectivity index (χ1) is 12.2. The number of aromatic nitrogens is 1. The van der Waals surface area contributed by atoms with Crippen LogP contribution in [-0.2, 0) is 4.79 Å². The fourth-order valence-corrected chi connectivity index (χ4v) is 2.84. The number of hydrogen-bond donors (Lipinski definition) is 1. The van der Waals surface area contributed by atoms with Crippen LogP contribution in [-0.4, -0.2) is 41.3 Å². The Balaban J connectivity index is 1.41. The van der Waals surface area contributed by atoms with Crippen molar-refractivity contribution in [3.05, 3.63) is 60.3 Å². The van der Waals surface area contributed by atoms with Gasteiger partial charge in [-0.05, 0) is 49.1 Å². The lowest BCUT2D eigenvalue weighted by Gasteiger charge is -2.31. The molecule has 2 amide bonds. The molecule has 1 aliphatic heterocycles. The van der Waals surface area contributed by atoms with Gasteiger partial charge >= 0.3 is 0 Å². The fraction of sp³-hybridized carbons (Fsp3) is 0.316. The molecule has 3 rings (SSSR count). The zero-order valence-electron chi connectivity index (χ0n) is 13.9. The van der Waals surface area contributed by atoms with Gasteiger partial charge in [-0.15, -0.1) is 0 Å². The van der Waals surface area contributed by atoms with Crippen LogP contribution in [0.1, 0.15) is 29.0 Å². The fourth-order valence-electron chi connectivity index (χ4n) is 2.84. The Bertz CT molecular complexity index is 718. The predicted molar refractivity (Wildman–Crippen MR) is 93.6 cm³/mol. The zero-order valence-corrected chi connectivity index (χ0v) is 13.9. The molecule has 0 aromatic carbocycles. The number of amides is 2. The number of pyridine rings is 1. The van der Waals surface area contributed by atoms with E-state index in [0.717, 1.165) is 12.8 Å². The molecule has 0 radical (unpaired) electrons. The second-order valence-electron chi connectivity index (χ2n) is 6.07. The van der Waals surface area contributed by atoms with Gasteiger partial charge < -0.3 is 14.6 Å². The molecule has 3 heterocycles. The van der Waals surface area contributed by atoms with E-state index in [1.807, 2.05) is 4.90 Å². The molecule has 0 aliphatic carbocycles. The van der Waals surface area contributed by atoms with Crippen LogP contribution in [0.3, 0.4) is 0 Å². The van der Waals surface area contributed by atoms with Crippen LogP contribution in [0.5, 0.6) is 0 Å². The highest BCUT2D eigenvalue weighted by Crippen LogP contribution is 2.17. The first-order valence-electron chi connectivity index (χ1n) is 8.41. The summed E-state index contributed by atoms with van der Waals surface area (Å²) in [5, 5.41) is 2.95. The maximum atomic E-state index is 12.2. The summed E-state index contributed by atoms with van der Waals surface area (Å²) in [5.74, 6) is 0.947. The number of piperidine rings is 1. The number of furan rings is 1. The molecule has 0 bridgehead atoms. The average molecular weight is 339 g/mol. The Morgan fingerprint density at radius 1 is 1.28 bits per heavy atom. The van der Waals surface area contributed by atoms with Crippen LogP contribution in [0.15, 0.2) is 53.4 Å². The maximum Gasteiger partial charge on any atom is 0.252 e. The summed E-state index contributed by atoms with van der Waals surface area (Å²) in [5.41, 5.74) is 0.568. The number of likely N-dealkylation sites (tertiary alicyclic amines) is 1. The van der Waals surface area contributed by atoms with E-state index in [0.29, 0.717) is 36.9 Å². The van der Waals surface area contributed by atoms with Crippen molar-refractivity contribution in [3.63, 3.8) is 0 Å². The quantitative estimate of drug-likeness (QED) is 0.849. The molecular weight excluding hydrogens is 318 g/mol. The Labute approximate surface area is 146 Å². The van der Waals surface area contributed by atoms with Crippen LogP contribution < -0.4 is 5.32 Å². The predicted octanol–water partition coefficient (Wildman–Crippen LogP) is 2.36. The van der Waals surface area contributed by atoms with Gasteiger partial charge in [0.1, 0.15) is 5.76 Å². The summed E-state index contributed by atoms with van der Waals surface area (Å²) in [6, 6.07) is 7.08. The van der Waals surface area contributed by atoms with Gasteiger partial charge in [0, 0.05) is 38.1 Å². The number of nitrogens with one attached hydrogen (secondary N) is 1. The lowest BCUT2D eigenvalue weighted by Crippen LogP contribution is -2.41. The third-order valence-electron chi connectivity index (χ3n) is 4.33. The van der Waals surface area contributed by atoms with Crippen LogP contribution in [0.25, 0.3) is 6.08 Å². The standard InChI is InChI=1S/C19H21N3O3/c23-18(6-5-17-4-2-12-25-17)22-10-7-15(8-11-22)13-21-19(24)16-3-1-9-20-14-16/h1-6,9,12,14-15H,7-8,10-11,13H2,(H,21,24)/b6-5+. The first-order valence-corrected chi connectivity index (χ1v) is 8.41. The minimum Gasteiger partial charge on any atom is -0.465 e. The van der Waals surface area contributed by atoms with E-state index < -0.39 is 0 Å². The Hall–Kier alpha value is -2.89. The SMILES string of the molecule is O=C(NCC1CCN(C(=O)/C=C/c2ccco2)CC1)c1cccnc1. The summed E-state index contributed by atoms with van der Waals surface area (Å²) in [4.78, 5) is 30.0. The van der Waals surface area contributed by atoms with E-state index in [2.05, 4.69) is 10.3 Å². The molecule has 1 aliphatic rings. The third-order valence-corrected chi connectivity index (χ3v) is 4.33. The molecule has 1 saturated heterocycles. The monoisotopic (exact) mass is 339 g/mol. The number of nitrogens with zero attached hydrogens (tertiary/aromatic N) is 2. The van der Waals surface area contributed by atoms with Crippen molar-refractivity contribution in [1.29, 1.82) is 0 Å². The van der Waals surface area contributed by atoms with E-state index in [-0.39, 0.29) is 11.8 Å². The molecule has 25 heavy (non-hydrogen) atoms. The molecule has 1 fully saturated rings. The van der Waals surface area contributed by atoms with Gasteiger partial charge in [0.25, 0.3) is 5.91 Å². The molecular formula is C19H21N3O3. The molecule has 2 aromatic rings. The Kier molecular flexibility index (Phi) is 5.61. The highest BCUT2D eigenvalue weighted by molar-refractivity contribution is 5.93. The van der Waals surface area contributed by atoms with Crippen LogP contribution in [0.4, 0.5) is 0 Å². The minimum absolute atomic E-state index is 0.00533. The second kappa shape index (κ2) is 8.28. The molecule has 0 unspecified atom stereocenters. The van der Waals surface area contributed by atoms with E-state index in [4.69, 9.17) is 4.42 Å². The third kappa shape index (κ3) is 4.79. The number of rotatable bonds is 5. The second-order valence-corrected chi connectivity index (χ2v) is 6.07. The van der Waals surface area contributed by atoms with Gasteiger partial charge in [0.15, 0.2) is 0 Å². The van der Waals surface area contributed by atoms with Crippen molar-refractivity contribution >= 4 is 17.9 Å². The Morgan fingerprint density at radius 2 is 2.12 bits per heavy atom.